The van der Waals surface area contributed by atoms with Crippen LogP contribution in [-0.2, 0) is 27.3 Å². The van der Waals surface area contributed by atoms with Gasteiger partial charge < -0.3 is 26.0 Å². The summed E-state index contributed by atoms with van der Waals surface area (Å²) in [5.74, 6) is -0.367. The second kappa shape index (κ2) is 12.0. The lowest BCUT2D eigenvalue weighted by Crippen LogP contribution is -2.31. The summed E-state index contributed by atoms with van der Waals surface area (Å²) in [6.07, 6.45) is 4.55. The lowest BCUT2D eigenvalue weighted by molar-refractivity contribution is -0.138. The minimum Gasteiger partial charge on any atom is -0.480 e. The fraction of sp³-hybridized carbons (Fsp3) is 0.458. The molecule has 0 saturated carbocycles. The number of hydrogen-bond donors (Lipinski definition) is 4. The molecule has 182 valence electrons. The van der Waals surface area contributed by atoms with Crippen LogP contribution in [-0.4, -0.2) is 50.5 Å². The average Bonchev–Trinajstić information content (AvgIpc) is 3.19. The van der Waals surface area contributed by atoms with Crippen LogP contribution >= 0.6 is 0 Å². The van der Waals surface area contributed by atoms with Crippen LogP contribution < -0.4 is 16.4 Å². The van der Waals surface area contributed by atoms with Crippen molar-refractivity contribution in [3.8, 4) is 0 Å². The Hall–Kier alpha value is -3.69. The topological polar surface area (TPSA) is 152 Å². The standard InChI is InChI=1S/C24H32N6O4/c1-2-3-10-18-29-22-23(16-8-4-5-9-17(16)28-24(22)25)30(18)14-7-6-13-26-19(31)11-12-20(32)27-15-21(33)34/h4-5,8-9H,2-3,6-7,10-15H2,1H3,(H2,25,28)(H,26,31)(H,27,32)(H,33,34). The Kier molecular flexibility index (Phi) is 8.78. The number of imidazole rings is 1. The van der Waals surface area contributed by atoms with Crippen molar-refractivity contribution >= 4 is 45.5 Å². The number of nitrogens with zero attached hydrogens (tertiary/aromatic N) is 3. The number of carbonyl (C=O) groups is 3. The zero-order chi connectivity index (χ0) is 24.5. The number of nitrogens with one attached hydrogen (secondary N) is 2. The number of aliphatic carboxylic acids is 1. The Morgan fingerprint density at radius 2 is 1.76 bits per heavy atom. The fourth-order valence-electron chi connectivity index (χ4n) is 3.87. The van der Waals surface area contributed by atoms with Crippen molar-refractivity contribution in [2.45, 2.75) is 58.4 Å². The molecule has 0 aliphatic carbocycles. The summed E-state index contributed by atoms with van der Waals surface area (Å²) in [7, 11) is 0. The molecule has 5 N–H and O–H groups in total. The molecule has 1 aromatic carbocycles. The first-order valence-corrected chi connectivity index (χ1v) is 11.7. The largest absolute Gasteiger partial charge is 0.480 e. The number of para-hydroxylation sites is 1. The van der Waals surface area contributed by atoms with Crippen LogP contribution in [0, 0.1) is 0 Å². The average molecular weight is 469 g/mol. The van der Waals surface area contributed by atoms with Gasteiger partial charge in [0.1, 0.15) is 17.9 Å². The first kappa shape index (κ1) is 24.9. The molecule has 2 heterocycles. The molecule has 0 aliphatic rings. The van der Waals surface area contributed by atoms with Gasteiger partial charge >= 0.3 is 5.97 Å². The number of nitrogen functional groups attached to an aromatic ring is 1. The Labute approximate surface area is 197 Å². The molecular weight excluding hydrogens is 436 g/mol. The number of pyridine rings is 1. The van der Waals surface area contributed by atoms with E-state index >= 15 is 0 Å². The number of carboxylic acids is 1. The second-order valence-electron chi connectivity index (χ2n) is 8.22. The smallest absolute Gasteiger partial charge is 0.322 e. The molecule has 3 rings (SSSR count). The third-order valence-electron chi connectivity index (χ3n) is 5.59. The predicted octanol–water partition coefficient (Wildman–Crippen LogP) is 2.39. The van der Waals surface area contributed by atoms with Crippen molar-refractivity contribution in [1.29, 1.82) is 0 Å². The molecule has 0 aliphatic heterocycles. The van der Waals surface area contributed by atoms with Gasteiger partial charge in [-0.2, -0.15) is 0 Å². The Bertz CT molecular complexity index is 1170. The van der Waals surface area contributed by atoms with Gasteiger partial charge in [-0.05, 0) is 25.3 Å². The summed E-state index contributed by atoms with van der Waals surface area (Å²) < 4.78 is 2.24. The van der Waals surface area contributed by atoms with Gasteiger partial charge in [0, 0.05) is 37.7 Å². The van der Waals surface area contributed by atoms with E-state index in [-0.39, 0.29) is 18.7 Å². The van der Waals surface area contributed by atoms with Gasteiger partial charge in [0.05, 0.1) is 11.0 Å². The van der Waals surface area contributed by atoms with E-state index in [4.69, 9.17) is 15.8 Å². The molecule has 0 radical (unpaired) electrons. The van der Waals surface area contributed by atoms with E-state index in [1.165, 1.54) is 0 Å². The lowest BCUT2D eigenvalue weighted by Gasteiger charge is -2.11. The van der Waals surface area contributed by atoms with Crippen molar-refractivity contribution in [3.05, 3.63) is 30.1 Å². The Balaban J connectivity index is 1.59. The zero-order valence-electron chi connectivity index (χ0n) is 19.5. The number of carbonyl (C=O) groups excluding carboxylic acids is 2. The highest BCUT2D eigenvalue weighted by Crippen LogP contribution is 2.29. The number of aromatic nitrogens is 3. The molecule has 10 nitrogen and oxygen atoms in total. The van der Waals surface area contributed by atoms with Gasteiger partial charge in [-0.25, -0.2) is 9.97 Å². The van der Waals surface area contributed by atoms with E-state index in [1.54, 1.807) is 0 Å². The highest BCUT2D eigenvalue weighted by Gasteiger charge is 2.17. The van der Waals surface area contributed by atoms with Crippen LogP contribution in [0.2, 0.25) is 0 Å². The minimum atomic E-state index is -1.12. The summed E-state index contributed by atoms with van der Waals surface area (Å²) in [6.45, 7) is 2.95. The van der Waals surface area contributed by atoms with Crippen molar-refractivity contribution in [2.24, 2.45) is 0 Å². The van der Waals surface area contributed by atoms with Gasteiger partial charge in [-0.3, -0.25) is 14.4 Å². The first-order valence-electron chi connectivity index (χ1n) is 11.7. The first-order chi connectivity index (χ1) is 16.4. The number of fused-ring (bicyclic) bond motifs is 3. The highest BCUT2D eigenvalue weighted by atomic mass is 16.4. The molecule has 2 amide bonds. The van der Waals surface area contributed by atoms with Crippen LogP contribution in [0.4, 0.5) is 5.82 Å². The molecule has 0 saturated heterocycles. The molecule has 3 aromatic rings. The van der Waals surface area contributed by atoms with E-state index < -0.39 is 18.4 Å². The van der Waals surface area contributed by atoms with Crippen LogP contribution in [0.15, 0.2) is 24.3 Å². The van der Waals surface area contributed by atoms with Gasteiger partial charge in [-0.1, -0.05) is 31.5 Å². The van der Waals surface area contributed by atoms with E-state index in [2.05, 4.69) is 27.1 Å². The summed E-state index contributed by atoms with van der Waals surface area (Å²) in [4.78, 5) is 43.3. The summed E-state index contributed by atoms with van der Waals surface area (Å²) in [5.41, 5.74) is 8.82. The fourth-order valence-corrected chi connectivity index (χ4v) is 3.87. The normalized spacial score (nSPS) is 11.1. The molecule has 0 spiro atoms. The SMILES string of the molecule is CCCCc1nc2c(N)nc3ccccc3c2n1CCCCNC(=O)CCC(=O)NCC(=O)O. The van der Waals surface area contributed by atoms with Crippen LogP contribution in [0.3, 0.4) is 0 Å². The number of benzene rings is 1. The predicted molar refractivity (Wildman–Crippen MR) is 130 cm³/mol. The van der Waals surface area contributed by atoms with Gasteiger partial charge in [0.25, 0.3) is 0 Å². The molecule has 0 unspecified atom stereocenters. The van der Waals surface area contributed by atoms with E-state index in [1.807, 2.05) is 24.3 Å². The van der Waals surface area contributed by atoms with Gasteiger partial charge in [-0.15, -0.1) is 0 Å². The molecule has 2 aromatic heterocycles. The van der Waals surface area contributed by atoms with Crippen LogP contribution in [0.1, 0.15) is 51.3 Å². The maximum absolute atomic E-state index is 12.0. The number of hydrogen-bond acceptors (Lipinski definition) is 6. The molecular formula is C24H32N6O4. The zero-order valence-corrected chi connectivity index (χ0v) is 19.5. The van der Waals surface area contributed by atoms with Gasteiger partial charge in [0.15, 0.2) is 5.82 Å². The van der Waals surface area contributed by atoms with E-state index in [0.29, 0.717) is 12.4 Å². The van der Waals surface area contributed by atoms with Crippen molar-refractivity contribution in [2.75, 3.05) is 18.8 Å². The van der Waals surface area contributed by atoms with Crippen molar-refractivity contribution in [3.63, 3.8) is 0 Å². The third-order valence-corrected chi connectivity index (χ3v) is 5.59. The quantitative estimate of drug-likeness (QED) is 0.281. The number of amides is 2. The number of unbranched alkanes of at least 4 members (excludes halogenated alkanes) is 2. The second-order valence-corrected chi connectivity index (χ2v) is 8.22. The summed E-state index contributed by atoms with van der Waals surface area (Å²) >= 11 is 0. The van der Waals surface area contributed by atoms with Crippen LogP contribution in [0.25, 0.3) is 21.9 Å². The number of carboxylic acid groups (broad SMARTS) is 1. The molecule has 0 fully saturated rings. The van der Waals surface area contributed by atoms with Crippen molar-refractivity contribution in [1.82, 2.24) is 25.2 Å². The molecule has 10 heteroatoms. The minimum absolute atomic E-state index is 0.0248. The number of nitrogens with two attached hydrogens (primary N) is 1. The maximum Gasteiger partial charge on any atom is 0.322 e. The van der Waals surface area contributed by atoms with E-state index in [9.17, 15) is 14.4 Å². The van der Waals surface area contributed by atoms with Gasteiger partial charge in [0.2, 0.25) is 11.8 Å². The molecule has 0 bridgehead atoms. The Morgan fingerprint density at radius 1 is 1.03 bits per heavy atom. The molecule has 34 heavy (non-hydrogen) atoms. The molecule has 0 atom stereocenters. The third kappa shape index (κ3) is 6.43. The van der Waals surface area contributed by atoms with Crippen LogP contribution in [0.5, 0.6) is 0 Å². The highest BCUT2D eigenvalue weighted by molar-refractivity contribution is 6.06. The van der Waals surface area contributed by atoms with E-state index in [0.717, 1.165) is 66.4 Å². The monoisotopic (exact) mass is 468 g/mol. The van der Waals surface area contributed by atoms with Crippen molar-refractivity contribution < 1.29 is 19.5 Å². The Morgan fingerprint density at radius 3 is 2.50 bits per heavy atom. The lowest BCUT2D eigenvalue weighted by atomic mass is 10.2. The number of anilines is 1. The number of aryl methyl sites for hydroxylation is 2. The number of rotatable bonds is 13. The maximum atomic E-state index is 12.0. The summed E-state index contributed by atoms with van der Waals surface area (Å²) in [6, 6.07) is 7.92. The summed E-state index contributed by atoms with van der Waals surface area (Å²) in [5, 5.41) is 14.6.